The van der Waals surface area contributed by atoms with E-state index in [1.54, 1.807) is 18.2 Å². The molecule has 2 aromatic carbocycles. The summed E-state index contributed by atoms with van der Waals surface area (Å²) in [7, 11) is -3.76. The number of fused-ring (bicyclic) bond motifs is 1. The van der Waals surface area contributed by atoms with Crippen LogP contribution >= 0.6 is 0 Å². The fourth-order valence-electron chi connectivity index (χ4n) is 3.58. The molecule has 0 unspecified atom stereocenters. The lowest BCUT2D eigenvalue weighted by atomic mass is 10.2. The van der Waals surface area contributed by atoms with Gasteiger partial charge in [-0.25, -0.2) is 8.42 Å². The van der Waals surface area contributed by atoms with Crippen molar-refractivity contribution in [1.82, 2.24) is 4.31 Å². The minimum absolute atomic E-state index is 0.0692. The molecule has 1 fully saturated rings. The van der Waals surface area contributed by atoms with Gasteiger partial charge in [-0.2, -0.15) is 4.31 Å². The molecule has 0 spiro atoms. The van der Waals surface area contributed by atoms with Gasteiger partial charge >= 0.3 is 0 Å². The Morgan fingerprint density at radius 1 is 0.933 bits per heavy atom. The Kier molecular flexibility index (Phi) is 5.78. The van der Waals surface area contributed by atoms with Crippen molar-refractivity contribution in [1.29, 1.82) is 0 Å². The van der Waals surface area contributed by atoms with Gasteiger partial charge < -0.3 is 14.8 Å². The first-order valence-corrected chi connectivity index (χ1v) is 11.3. The highest BCUT2D eigenvalue weighted by atomic mass is 32.2. The summed E-state index contributed by atoms with van der Waals surface area (Å²) in [6.45, 7) is 1.97. The number of piperidine rings is 1. The summed E-state index contributed by atoms with van der Waals surface area (Å²) >= 11 is 0. The summed E-state index contributed by atoms with van der Waals surface area (Å²) in [6.07, 6.45) is 3.36. The number of hydrogen-bond donors (Lipinski definition) is 1. The van der Waals surface area contributed by atoms with Gasteiger partial charge in [0, 0.05) is 37.3 Å². The first-order chi connectivity index (χ1) is 14.4. The summed E-state index contributed by atoms with van der Waals surface area (Å²) in [5.74, 6) is 1.18. The Labute approximate surface area is 174 Å². The quantitative estimate of drug-likeness (QED) is 0.566. The van der Waals surface area contributed by atoms with E-state index in [-0.39, 0.29) is 16.3 Å². The fraction of sp³-hybridized carbons (Fsp3) is 0.400. The van der Waals surface area contributed by atoms with Crippen molar-refractivity contribution < 1.29 is 22.8 Å². The summed E-state index contributed by atoms with van der Waals surface area (Å²) in [4.78, 5) is 11.0. The molecule has 9 nitrogen and oxygen atoms in total. The number of nitrogens with one attached hydrogen (secondary N) is 1. The van der Waals surface area contributed by atoms with Gasteiger partial charge in [0.1, 0.15) is 5.69 Å². The molecule has 2 heterocycles. The van der Waals surface area contributed by atoms with Crippen molar-refractivity contribution in [2.24, 2.45) is 0 Å². The average Bonchev–Trinajstić information content (AvgIpc) is 2.99. The zero-order chi connectivity index (χ0) is 21.1. The van der Waals surface area contributed by atoms with Crippen LogP contribution in [-0.2, 0) is 10.0 Å². The predicted molar refractivity (Wildman–Crippen MR) is 111 cm³/mol. The number of nitro benzene ring substituents is 1. The van der Waals surface area contributed by atoms with E-state index >= 15 is 0 Å². The fourth-order valence-corrected chi connectivity index (χ4v) is 5.12. The van der Waals surface area contributed by atoms with E-state index in [1.807, 2.05) is 0 Å². The van der Waals surface area contributed by atoms with E-state index in [0.717, 1.165) is 31.7 Å². The molecule has 30 heavy (non-hydrogen) atoms. The topological polar surface area (TPSA) is 111 Å². The zero-order valence-electron chi connectivity index (χ0n) is 16.4. The average molecular weight is 433 g/mol. The number of ether oxygens (including phenoxy) is 2. The van der Waals surface area contributed by atoms with Crippen LogP contribution in [0.25, 0.3) is 0 Å². The highest BCUT2D eigenvalue weighted by Crippen LogP contribution is 2.36. The maximum Gasteiger partial charge on any atom is 0.294 e. The number of hydrogen-bond acceptors (Lipinski definition) is 7. The molecule has 0 amide bonds. The second-order valence-corrected chi connectivity index (χ2v) is 9.18. The number of nitro groups is 1. The first kappa shape index (κ1) is 20.4. The molecule has 2 aliphatic rings. The van der Waals surface area contributed by atoms with Crippen molar-refractivity contribution in [3.8, 4) is 11.5 Å². The second-order valence-electron chi connectivity index (χ2n) is 7.24. The molecule has 0 radical (unpaired) electrons. The SMILES string of the molecule is O=[N+]([O-])c1cc(S(=O)(=O)N2CCCCC2)ccc1Nc1ccc2c(c1)OCCCO2. The molecule has 0 saturated carbocycles. The van der Waals surface area contributed by atoms with Crippen molar-refractivity contribution >= 4 is 27.1 Å². The largest absolute Gasteiger partial charge is 0.490 e. The van der Waals surface area contributed by atoms with E-state index in [1.165, 1.54) is 16.4 Å². The molecule has 4 rings (SSSR count). The lowest BCUT2D eigenvalue weighted by molar-refractivity contribution is -0.384. The normalized spacial score (nSPS) is 17.2. The van der Waals surface area contributed by atoms with Crippen LogP contribution in [0.1, 0.15) is 25.7 Å². The molecule has 0 aliphatic carbocycles. The van der Waals surface area contributed by atoms with Crippen LogP contribution in [0.5, 0.6) is 11.5 Å². The van der Waals surface area contributed by atoms with Gasteiger partial charge in [0.05, 0.1) is 23.0 Å². The Bertz CT molecular complexity index is 1050. The standard InChI is InChI=1S/C20H23N3O6S/c24-23(25)18-14-16(30(26,27)22-9-2-1-3-10-22)6-7-17(18)21-15-5-8-19-20(13-15)29-12-4-11-28-19/h5-8,13-14,21H,1-4,9-12H2. The monoisotopic (exact) mass is 433 g/mol. The van der Waals surface area contributed by atoms with Crippen LogP contribution < -0.4 is 14.8 Å². The summed E-state index contributed by atoms with van der Waals surface area (Å²) < 4.78 is 38.4. The van der Waals surface area contributed by atoms with Crippen molar-refractivity contribution in [3.05, 3.63) is 46.5 Å². The molecule has 2 aromatic rings. The molecule has 0 atom stereocenters. The number of benzene rings is 2. The molecule has 160 valence electrons. The first-order valence-electron chi connectivity index (χ1n) is 9.90. The number of anilines is 2. The third-order valence-electron chi connectivity index (χ3n) is 5.15. The van der Waals surface area contributed by atoms with Gasteiger partial charge in [0.15, 0.2) is 11.5 Å². The zero-order valence-corrected chi connectivity index (χ0v) is 17.2. The van der Waals surface area contributed by atoms with E-state index in [2.05, 4.69) is 5.32 Å². The van der Waals surface area contributed by atoms with Crippen molar-refractivity contribution in [3.63, 3.8) is 0 Å². The van der Waals surface area contributed by atoms with Crippen LogP contribution in [0.4, 0.5) is 17.1 Å². The Morgan fingerprint density at radius 2 is 1.67 bits per heavy atom. The van der Waals surface area contributed by atoms with Crippen LogP contribution in [0.2, 0.25) is 0 Å². The van der Waals surface area contributed by atoms with Gasteiger partial charge in [0.25, 0.3) is 5.69 Å². The van der Waals surface area contributed by atoms with Gasteiger partial charge in [-0.1, -0.05) is 6.42 Å². The molecule has 1 N–H and O–H groups in total. The maximum atomic E-state index is 12.9. The number of rotatable bonds is 5. The van der Waals surface area contributed by atoms with Crippen LogP contribution in [-0.4, -0.2) is 43.9 Å². The van der Waals surface area contributed by atoms with E-state index in [9.17, 15) is 18.5 Å². The van der Waals surface area contributed by atoms with Crippen molar-refractivity contribution in [2.75, 3.05) is 31.6 Å². The lowest BCUT2D eigenvalue weighted by Gasteiger charge is -2.25. The second kappa shape index (κ2) is 8.49. The molecule has 1 saturated heterocycles. The Morgan fingerprint density at radius 3 is 2.40 bits per heavy atom. The molecule has 0 bridgehead atoms. The highest BCUT2D eigenvalue weighted by Gasteiger charge is 2.28. The van der Waals surface area contributed by atoms with E-state index in [4.69, 9.17) is 9.47 Å². The summed E-state index contributed by atoms with van der Waals surface area (Å²) in [6, 6.07) is 9.14. The smallest absolute Gasteiger partial charge is 0.294 e. The van der Waals surface area contributed by atoms with Crippen LogP contribution in [0.3, 0.4) is 0 Å². The van der Waals surface area contributed by atoms with Gasteiger partial charge in [-0.3, -0.25) is 10.1 Å². The molecule has 0 aromatic heterocycles. The Hall–Kier alpha value is -2.85. The van der Waals surface area contributed by atoms with Gasteiger partial charge in [-0.15, -0.1) is 0 Å². The van der Waals surface area contributed by atoms with Crippen LogP contribution in [0.15, 0.2) is 41.3 Å². The van der Waals surface area contributed by atoms with E-state index in [0.29, 0.717) is 43.5 Å². The van der Waals surface area contributed by atoms with Gasteiger partial charge in [-0.05, 0) is 37.1 Å². The van der Waals surface area contributed by atoms with Crippen LogP contribution in [0, 0.1) is 10.1 Å². The molecule has 2 aliphatic heterocycles. The minimum atomic E-state index is -3.76. The van der Waals surface area contributed by atoms with E-state index < -0.39 is 14.9 Å². The minimum Gasteiger partial charge on any atom is -0.490 e. The highest BCUT2D eigenvalue weighted by molar-refractivity contribution is 7.89. The maximum absolute atomic E-state index is 12.9. The lowest BCUT2D eigenvalue weighted by Crippen LogP contribution is -2.35. The number of sulfonamides is 1. The van der Waals surface area contributed by atoms with Gasteiger partial charge in [0.2, 0.25) is 10.0 Å². The van der Waals surface area contributed by atoms with Crippen molar-refractivity contribution in [2.45, 2.75) is 30.6 Å². The molecular formula is C20H23N3O6S. The predicted octanol–water partition coefficient (Wildman–Crippen LogP) is 3.67. The summed E-state index contributed by atoms with van der Waals surface area (Å²) in [5, 5.41) is 14.7. The molecular weight excluding hydrogens is 410 g/mol. The third kappa shape index (κ3) is 4.19. The molecule has 10 heteroatoms. The summed E-state index contributed by atoms with van der Waals surface area (Å²) in [5.41, 5.74) is 0.473. The number of nitrogens with zero attached hydrogens (tertiary/aromatic N) is 2. The third-order valence-corrected chi connectivity index (χ3v) is 7.04. The Balaban J connectivity index is 1.63.